The van der Waals surface area contributed by atoms with Crippen LogP contribution in [-0.2, 0) is 736 Å². The smallest absolute Gasteiger partial charge is 0.328 e. The summed E-state index contributed by atoms with van der Waals surface area (Å²) >= 11 is 9.65. The Balaban J connectivity index is 0. The monoisotopic (exact) mass is 3240 g/mol. The molecule has 4 atom stereocenters. The Morgan fingerprint density at radius 3 is 0.674 bits per heavy atom. The molecule has 784 valence electrons. The van der Waals surface area contributed by atoms with E-state index in [0.29, 0.717) is 44.4 Å². The fraction of sp³-hybridized carbons (Fsp3) is 0.565. The van der Waals surface area contributed by atoms with E-state index < -0.39 is 36.0 Å². The number of nitrogens with two attached hydrogens (primary N) is 1. The first-order valence-electron chi connectivity index (χ1n) is 33.0. The zero-order valence-electron chi connectivity index (χ0n) is 67.7. The highest BCUT2D eigenvalue weighted by Gasteiger charge is 2.29. The van der Waals surface area contributed by atoms with Gasteiger partial charge in [-0.05, 0) is 42.2 Å². The number of hydrogen-bond acceptors (Lipinski definition) is 14. The maximum Gasteiger partial charge on any atom is 0.328 e. The van der Waals surface area contributed by atoms with Gasteiger partial charge in [0.25, 0.3) is 0 Å². The van der Waals surface area contributed by atoms with Crippen LogP contribution in [0, 0.1) is 17.8 Å². The topological polar surface area (TPSA) is 214 Å². The zero-order valence-corrected chi connectivity index (χ0v) is 129. The predicted octanol–water partition coefficient (Wildman–Crippen LogP) is 5.27. The van der Waals surface area contributed by atoms with Gasteiger partial charge in [0.1, 0.15) is 23.7 Å². The summed E-state index contributed by atoms with van der Waals surface area (Å²) < 4.78 is 14.0. The van der Waals surface area contributed by atoms with Gasteiger partial charge in [0.05, 0.1) is 33.3 Å². The van der Waals surface area contributed by atoms with E-state index in [0.717, 1.165) is 11.1 Å². The third-order valence-corrected chi connectivity index (χ3v) is 171. The largest absolute Gasteiger partial charge is 0.469 e. The first kappa shape index (κ1) is 148. The van der Waals surface area contributed by atoms with Crippen LogP contribution in [0.25, 0.3) is 0 Å². The van der Waals surface area contributed by atoms with Crippen molar-refractivity contribution in [1.29, 1.82) is 0 Å². The van der Waals surface area contributed by atoms with Crippen LogP contribution in [0.1, 0.15) is 110 Å². The Morgan fingerprint density at radius 1 is 0.281 bits per heavy atom. The molecule has 0 aliphatic heterocycles. The summed E-state index contributed by atoms with van der Waals surface area (Å²) in [6.45, 7) is 11.5. The number of carbonyl (C=O) groups excluding carboxylic acids is 8. The summed E-state index contributed by atoms with van der Waals surface area (Å²) in [5.74, 6) is -1.92. The van der Waals surface area contributed by atoms with E-state index in [1.54, 1.807) is 120 Å². The Kier molecular flexibility index (Phi) is 133. The molecule has 2 aromatic carbocycles. The van der Waals surface area contributed by atoms with Gasteiger partial charge in [-0.2, -0.15) is 0 Å². The highest BCUT2D eigenvalue weighted by Crippen LogP contribution is 2.20. The molecule has 0 aromatic heterocycles. The van der Waals surface area contributed by atoms with Crippen LogP contribution in [-0.4, -0.2) is 86.5 Å². The average molecular weight is 3250 g/mol. The fourth-order valence-electron chi connectivity index (χ4n) is 6.62. The molecule has 0 saturated carbocycles. The first-order chi connectivity index (χ1) is 65.8. The van der Waals surface area contributed by atoms with Crippen molar-refractivity contribution in [3.8, 4) is 0 Å². The van der Waals surface area contributed by atoms with Crippen LogP contribution in [0.2, 0.25) is 0 Å². The maximum atomic E-state index is 13.0. The molecule has 0 aliphatic carbocycles. The second kappa shape index (κ2) is 121. The molecule has 0 unspecified atom stereocenters. The summed E-state index contributed by atoms with van der Waals surface area (Å²) in [5.41, 5.74) is 7.29. The molecule has 0 aliphatic rings. The van der Waals surface area contributed by atoms with E-state index >= 15 is 0 Å². The highest BCUT2D eigenvalue weighted by molar-refractivity contribution is 8.85. The van der Waals surface area contributed by atoms with Crippen LogP contribution in [0.3, 0.4) is 0 Å². The lowest BCUT2D eigenvalue weighted by Gasteiger charge is -2.21. The zero-order chi connectivity index (χ0) is 99.2. The lowest BCUT2D eigenvalue weighted by atomic mass is 9.89. The molecular weight excluding hydrogens is 3180 g/mol. The van der Waals surface area contributed by atoms with Gasteiger partial charge in [0.15, 0.2) is 5.78 Å². The number of methoxy groups -OCH3 is 3. The van der Waals surface area contributed by atoms with E-state index in [9.17, 15) is 38.4 Å². The molecule has 2 rings (SSSR count). The number of Topliss-reactive ketones (excluding diaryl/α,β-unsaturated/α-hetero) is 3. The van der Waals surface area contributed by atoms with E-state index in [1.165, 1.54) is 39.1 Å². The second-order valence-electron chi connectivity index (χ2n) is 20.2. The Morgan fingerprint density at radius 2 is 0.481 bits per heavy atom. The molecule has 2 amide bonds. The summed E-state index contributed by atoms with van der Waals surface area (Å²) in [6.07, 6.45) is 3.23. The molecule has 89 heteroatoms. The average Bonchev–Trinajstić information content (AvgIpc) is 0.873. The predicted molar refractivity (Wildman–Crippen MR) is 782 cm³/mol. The third kappa shape index (κ3) is 112. The minimum Gasteiger partial charge on any atom is -0.469 e. The molecule has 0 spiro atoms. The first-order valence-corrected chi connectivity index (χ1v) is 132. The van der Waals surface area contributed by atoms with Gasteiger partial charge in [-0.1, -0.05) is 102 Å². The number of rotatable bonds is 24. The number of benzene rings is 2. The Hall–Kier alpha value is 11.3. The van der Waals surface area contributed by atoms with E-state index in [4.69, 9.17) is 37.6 Å². The number of ether oxygens (including phenoxy) is 3. The molecular formula is C46H69N3O11S75. The number of amides is 2. The molecule has 4 N–H and O–H groups in total. The van der Waals surface area contributed by atoms with Crippen LogP contribution < -0.4 is 16.4 Å². The van der Waals surface area contributed by atoms with Crippen molar-refractivity contribution in [2.24, 2.45) is 23.5 Å². The molecule has 0 bridgehead atoms. The van der Waals surface area contributed by atoms with Gasteiger partial charge in [-0.25, -0.2) is 4.79 Å². The minimum absolute atomic E-state index is 0.00812. The van der Waals surface area contributed by atoms with Crippen molar-refractivity contribution < 1.29 is 52.6 Å². The minimum atomic E-state index is -0.749. The number of esters is 3. The number of carbonyl (C=O) groups is 8. The Labute approximate surface area is 1000 Å². The number of hydrogen-bond donors (Lipinski definition) is 3. The van der Waals surface area contributed by atoms with Crippen LogP contribution in [0.15, 0.2) is 60.7 Å². The van der Waals surface area contributed by atoms with Crippen molar-refractivity contribution in [2.45, 2.75) is 130 Å². The van der Waals surface area contributed by atoms with Crippen LogP contribution >= 0.6 is 0 Å². The molecule has 0 heterocycles. The van der Waals surface area contributed by atoms with Crippen LogP contribution in [0.5, 0.6) is 0 Å². The summed E-state index contributed by atoms with van der Waals surface area (Å²) in [7, 11) is 135. The molecule has 135 heavy (non-hydrogen) atoms. The summed E-state index contributed by atoms with van der Waals surface area (Å²) in [6, 6.07) is 16.8. The molecule has 14 nitrogen and oxygen atoms in total. The number of nitrogens with one attached hydrogen (secondary N) is 2. The quantitative estimate of drug-likeness (QED) is 0.0904. The van der Waals surface area contributed by atoms with Gasteiger partial charge >= 0.3 is 17.9 Å². The highest BCUT2D eigenvalue weighted by atomic mass is 33.5. The van der Waals surface area contributed by atoms with Gasteiger partial charge in [-0.3, -0.25) is 33.6 Å². The van der Waals surface area contributed by atoms with Crippen molar-refractivity contribution in [3.05, 3.63) is 71.8 Å². The van der Waals surface area contributed by atoms with Gasteiger partial charge in [-0.15, -0.1) is 0 Å². The van der Waals surface area contributed by atoms with Gasteiger partial charge in [0.2, 0.25) is 11.8 Å². The van der Waals surface area contributed by atoms with E-state index in [-0.39, 0.29) is 73.2 Å². The standard InChI is InChI=1S/C23H33NO5.C16H21NO4.C7H15NO2.S75/c1-5-19(25)11-12-22(27)24-20(14-17-9-7-6-8-10-17)21(26)15-18(13-16(2)3)23(28)29-4;1-3-13(18)9-10-15(19)17-14(16(20)21-2)11-12-7-5-4-6-8-12;1-5(2)4-6(8)7(9)10-3;1-3-5-7-9-11-13-15-17-19-21-23-25-27-29-31-33-35-37-39-41-43-45-47-49-51-53-55-57-59-61-63-65-67-69-71-73-75-74-72-70-68-66-64-62-60-58-56-54-52-50-48-46-44-42-40-38-36-34-32-30-28-26-24-22-20-18-16-14-12-10-8-6-4-2/h6-10,16,18,20H,5,11-15H2,1-4H3,(H,24,27);4-8,14H,3,9-11H2,1-2H3,(H,17,19);5-6H,4,8H2,1-3H3;/t18-,20+;14-;6-;/m100./s1. The Bertz CT molecular complexity index is 7820. The summed E-state index contributed by atoms with van der Waals surface area (Å²) in [4.78, 5) is 94.4. The molecule has 0 saturated heterocycles. The van der Waals surface area contributed by atoms with Crippen molar-refractivity contribution in [2.75, 3.05) is 21.3 Å². The third-order valence-electron chi connectivity index (χ3n) is 11.1. The van der Waals surface area contributed by atoms with Gasteiger partial charge in [0, 0.05) is 722 Å². The molecule has 0 radical (unpaired) electrons. The maximum absolute atomic E-state index is 13.0. The second-order valence-corrected chi connectivity index (χ2v) is 149. The van der Waals surface area contributed by atoms with Crippen molar-refractivity contribution in [3.63, 3.8) is 0 Å². The molecule has 0 fully saturated rings. The SMILES string of the molecule is CCC(=O)CCC(=O)N[C@@H](Cc1ccccc1)C(=O)C[C@@H](CC(C)C)C(=O)OC.CCC(=O)CCC(=O)N[C@@H](Cc1ccccc1)C(=O)OC.COC(=O)[C@@H](N)CC(C)C.S=S=S=S=S=S=S=S=S=S=S=S=S=S=S=S=S=S=S=S=S=S=S=S=S=S=S=S=S=S=S=S=S=S=S=S=S=S=S=S=S=S=S=S=S=S=S=S=S=S=S=S=S=S=S=S=S=S=S=S=S=S=S=S=S=S=S=S=S=S=S=S=S=S=S. The van der Waals surface area contributed by atoms with Crippen molar-refractivity contribution in [1.82, 2.24) is 10.6 Å². The number of ketones is 3. The normalized spacial score (nSPS) is 9.90. The summed E-state index contributed by atoms with van der Waals surface area (Å²) in [5, 5.41) is 5.40. The van der Waals surface area contributed by atoms with Gasteiger partial charge < -0.3 is 30.6 Å². The lowest BCUT2D eigenvalue weighted by Crippen LogP contribution is -2.43. The van der Waals surface area contributed by atoms with E-state index in [2.05, 4.69) is 15.4 Å². The molecule has 2 aromatic rings. The fourth-order valence-corrected chi connectivity index (χ4v) is 201. The van der Waals surface area contributed by atoms with Crippen molar-refractivity contribution >= 4 is 718 Å². The van der Waals surface area contributed by atoms with E-state index in [1.807, 2.05) is 612 Å². The van der Waals surface area contributed by atoms with Crippen LogP contribution in [0.4, 0.5) is 0 Å². The lowest BCUT2D eigenvalue weighted by molar-refractivity contribution is -0.148.